The van der Waals surface area contributed by atoms with E-state index in [1.807, 2.05) is 5.32 Å². The Bertz CT molecular complexity index is 941. The Hall–Kier alpha value is -3.08. The Morgan fingerprint density at radius 1 is 1.17 bits per heavy atom. The number of nitrogens with zero attached hydrogens (tertiary/aromatic N) is 1. The van der Waals surface area contributed by atoms with Crippen molar-refractivity contribution >= 4 is 17.6 Å². The highest BCUT2D eigenvalue weighted by Crippen LogP contribution is 2.39. The minimum Gasteiger partial charge on any atom is -0.369 e. The SMILES string of the molecule is O=C1NC(CNC(=O)C(O)(c2ccc(F)c(F)c2)C(F)(F)F)=NC2C=CC=CC12. The van der Waals surface area contributed by atoms with Gasteiger partial charge in [-0.25, -0.2) is 8.78 Å². The summed E-state index contributed by atoms with van der Waals surface area (Å²) >= 11 is 0. The van der Waals surface area contributed by atoms with Gasteiger partial charge in [0.1, 0.15) is 5.84 Å². The maximum atomic E-state index is 13.5. The lowest BCUT2D eigenvalue weighted by atomic mass is 9.91. The number of carbonyl (C=O) groups excluding carboxylic acids is 2. The third kappa shape index (κ3) is 3.77. The zero-order chi connectivity index (χ0) is 21.4. The van der Waals surface area contributed by atoms with Gasteiger partial charge in [0.25, 0.3) is 11.5 Å². The van der Waals surface area contributed by atoms with Crippen LogP contribution in [0.5, 0.6) is 0 Å². The first kappa shape index (κ1) is 20.6. The molecule has 2 aliphatic rings. The number of alkyl halides is 3. The number of hydrogen-bond donors (Lipinski definition) is 3. The Labute approximate surface area is 160 Å². The predicted octanol–water partition coefficient (Wildman–Crippen LogP) is 1.47. The van der Waals surface area contributed by atoms with Crippen molar-refractivity contribution in [3.05, 3.63) is 59.7 Å². The minimum atomic E-state index is -5.54. The monoisotopic (exact) mass is 415 g/mol. The minimum absolute atomic E-state index is 0.0893. The first-order valence-corrected chi connectivity index (χ1v) is 8.29. The molecule has 0 saturated heterocycles. The van der Waals surface area contributed by atoms with E-state index in [-0.39, 0.29) is 11.9 Å². The topological polar surface area (TPSA) is 90.8 Å². The lowest BCUT2D eigenvalue weighted by Crippen LogP contribution is -2.57. The van der Waals surface area contributed by atoms with Crippen LogP contribution < -0.4 is 10.6 Å². The number of carbonyl (C=O) groups is 2. The molecule has 0 fully saturated rings. The Morgan fingerprint density at radius 2 is 1.86 bits per heavy atom. The van der Waals surface area contributed by atoms with Crippen molar-refractivity contribution in [2.45, 2.75) is 17.8 Å². The average molecular weight is 415 g/mol. The maximum Gasteiger partial charge on any atom is 0.430 e. The van der Waals surface area contributed by atoms with E-state index < -0.39 is 59.3 Å². The average Bonchev–Trinajstić information content (AvgIpc) is 2.66. The molecule has 0 bridgehead atoms. The van der Waals surface area contributed by atoms with E-state index in [1.165, 1.54) is 0 Å². The smallest absolute Gasteiger partial charge is 0.369 e. The number of aliphatic hydroxyl groups is 1. The first-order valence-electron chi connectivity index (χ1n) is 8.29. The van der Waals surface area contributed by atoms with Crippen LogP contribution in [0.15, 0.2) is 47.5 Å². The molecule has 3 rings (SSSR count). The number of benzene rings is 1. The number of rotatable bonds is 4. The molecule has 3 unspecified atom stereocenters. The van der Waals surface area contributed by atoms with E-state index in [4.69, 9.17) is 0 Å². The van der Waals surface area contributed by atoms with Gasteiger partial charge in [0.2, 0.25) is 5.91 Å². The molecule has 3 N–H and O–H groups in total. The van der Waals surface area contributed by atoms with Gasteiger partial charge in [-0.2, -0.15) is 13.2 Å². The highest BCUT2D eigenvalue weighted by atomic mass is 19.4. The summed E-state index contributed by atoms with van der Waals surface area (Å²) in [6.07, 6.45) is 0.961. The summed E-state index contributed by atoms with van der Waals surface area (Å²) in [6, 6.07) is 0.332. The Kier molecular flexibility index (Phi) is 5.26. The second-order valence-corrected chi connectivity index (χ2v) is 6.37. The summed E-state index contributed by atoms with van der Waals surface area (Å²) in [4.78, 5) is 28.4. The molecule has 11 heteroatoms. The zero-order valence-electron chi connectivity index (χ0n) is 14.5. The van der Waals surface area contributed by atoms with Crippen LogP contribution >= 0.6 is 0 Å². The number of allylic oxidation sites excluding steroid dienone is 2. The number of hydrogen-bond acceptors (Lipinski definition) is 4. The van der Waals surface area contributed by atoms with Crippen molar-refractivity contribution < 1.29 is 36.6 Å². The van der Waals surface area contributed by atoms with Gasteiger partial charge in [-0.05, 0) is 12.1 Å². The van der Waals surface area contributed by atoms with E-state index >= 15 is 0 Å². The second kappa shape index (κ2) is 7.39. The van der Waals surface area contributed by atoms with E-state index in [1.54, 1.807) is 24.3 Å². The first-order chi connectivity index (χ1) is 13.5. The van der Waals surface area contributed by atoms with Crippen molar-refractivity contribution in [3.63, 3.8) is 0 Å². The van der Waals surface area contributed by atoms with Crippen LogP contribution in [0, 0.1) is 17.6 Å². The van der Waals surface area contributed by atoms with Crippen molar-refractivity contribution in [1.29, 1.82) is 0 Å². The largest absolute Gasteiger partial charge is 0.430 e. The van der Waals surface area contributed by atoms with Gasteiger partial charge in [0.15, 0.2) is 11.6 Å². The lowest BCUT2D eigenvalue weighted by Gasteiger charge is -2.30. The second-order valence-electron chi connectivity index (χ2n) is 6.37. The molecule has 2 amide bonds. The van der Waals surface area contributed by atoms with Gasteiger partial charge < -0.3 is 15.7 Å². The van der Waals surface area contributed by atoms with E-state index in [2.05, 4.69) is 10.3 Å². The molecule has 0 spiro atoms. The van der Waals surface area contributed by atoms with Crippen LogP contribution in [0.3, 0.4) is 0 Å². The molecule has 1 aliphatic carbocycles. The molecular formula is C18H14F5N3O3. The van der Waals surface area contributed by atoms with Gasteiger partial charge in [-0.15, -0.1) is 0 Å². The van der Waals surface area contributed by atoms with Crippen molar-refractivity contribution in [2.75, 3.05) is 6.54 Å². The predicted molar refractivity (Wildman–Crippen MR) is 90.5 cm³/mol. The fourth-order valence-corrected chi connectivity index (χ4v) is 2.93. The molecule has 29 heavy (non-hydrogen) atoms. The molecule has 0 aromatic heterocycles. The number of halogens is 5. The number of amides is 2. The molecule has 1 aromatic rings. The van der Waals surface area contributed by atoms with Crippen LogP contribution in [-0.2, 0) is 15.2 Å². The van der Waals surface area contributed by atoms with E-state index in [9.17, 15) is 36.6 Å². The lowest BCUT2D eigenvalue weighted by molar-refractivity contribution is -0.256. The third-order valence-corrected chi connectivity index (χ3v) is 4.47. The van der Waals surface area contributed by atoms with Crippen LogP contribution in [0.1, 0.15) is 5.56 Å². The molecule has 154 valence electrons. The molecule has 1 aromatic carbocycles. The van der Waals surface area contributed by atoms with Crippen LogP contribution in [-0.4, -0.2) is 41.5 Å². The van der Waals surface area contributed by atoms with Gasteiger partial charge in [0, 0.05) is 5.56 Å². The summed E-state index contributed by atoms with van der Waals surface area (Å²) in [6.45, 7) is -0.632. The zero-order valence-corrected chi connectivity index (χ0v) is 14.5. The van der Waals surface area contributed by atoms with Crippen molar-refractivity contribution in [2.24, 2.45) is 10.9 Å². The molecule has 0 radical (unpaired) electrons. The van der Waals surface area contributed by atoms with Crippen molar-refractivity contribution in [1.82, 2.24) is 10.6 Å². The van der Waals surface area contributed by atoms with Gasteiger partial charge in [-0.3, -0.25) is 14.6 Å². The fourth-order valence-electron chi connectivity index (χ4n) is 2.93. The van der Waals surface area contributed by atoms with Crippen LogP contribution in [0.4, 0.5) is 22.0 Å². The summed E-state index contributed by atoms with van der Waals surface area (Å²) in [5.41, 5.74) is -5.34. The van der Waals surface area contributed by atoms with Crippen molar-refractivity contribution in [3.8, 4) is 0 Å². The number of amidine groups is 1. The third-order valence-electron chi connectivity index (χ3n) is 4.47. The number of aliphatic imine (C=N–C) groups is 1. The van der Waals surface area contributed by atoms with E-state index in [0.29, 0.717) is 12.1 Å². The maximum absolute atomic E-state index is 13.5. The molecule has 1 heterocycles. The highest BCUT2D eigenvalue weighted by Gasteiger charge is 2.61. The summed E-state index contributed by atoms with van der Waals surface area (Å²) < 4.78 is 66.9. The standard InChI is InChI=1S/C18H14F5N3O3/c19-11-6-5-9(7-12(11)20)17(29,18(21,22)23)16(28)24-8-14-25-13-4-2-1-3-10(13)15(27)26-14/h1-7,10,13,29H,8H2,(H,24,28)(H,25,26,27). The quantitative estimate of drug-likeness (QED) is 0.651. The normalized spacial score (nSPS) is 23.0. The fraction of sp³-hybridized carbons (Fsp3) is 0.278. The van der Waals surface area contributed by atoms with Gasteiger partial charge in [-0.1, -0.05) is 30.4 Å². The van der Waals surface area contributed by atoms with Gasteiger partial charge >= 0.3 is 6.18 Å². The van der Waals surface area contributed by atoms with Gasteiger partial charge in [0.05, 0.1) is 18.5 Å². The molecule has 1 aliphatic heterocycles. The summed E-state index contributed by atoms with van der Waals surface area (Å²) in [7, 11) is 0. The summed E-state index contributed by atoms with van der Waals surface area (Å²) in [5.74, 6) is -6.18. The van der Waals surface area contributed by atoms with E-state index in [0.717, 1.165) is 0 Å². The number of nitrogens with one attached hydrogen (secondary N) is 2. The summed E-state index contributed by atoms with van der Waals surface area (Å²) in [5, 5.41) is 14.3. The molecular weight excluding hydrogens is 401 g/mol. The molecule has 0 saturated carbocycles. The highest BCUT2D eigenvalue weighted by molar-refractivity contribution is 6.04. The molecule has 6 nitrogen and oxygen atoms in total. The Balaban J connectivity index is 1.82. The van der Waals surface area contributed by atoms with Crippen LogP contribution in [0.2, 0.25) is 0 Å². The molecule has 3 atom stereocenters. The van der Waals surface area contributed by atoms with Crippen LogP contribution in [0.25, 0.3) is 0 Å². The Morgan fingerprint density at radius 3 is 2.52 bits per heavy atom. The number of fused-ring (bicyclic) bond motifs is 1.